The average molecular weight is 245 g/mol. The van der Waals surface area contributed by atoms with Gasteiger partial charge in [-0.15, -0.1) is 11.8 Å². The molecule has 0 bridgehead atoms. The van der Waals surface area contributed by atoms with E-state index in [1.807, 2.05) is 25.0 Å². The van der Waals surface area contributed by atoms with Crippen LogP contribution in [0, 0.1) is 0 Å². The van der Waals surface area contributed by atoms with Crippen LogP contribution in [0.5, 0.6) is 0 Å². The molecule has 1 unspecified atom stereocenters. The molecule has 3 nitrogen and oxygen atoms in total. The van der Waals surface area contributed by atoms with E-state index in [2.05, 4.69) is 30.2 Å². The third-order valence-corrected chi connectivity index (χ3v) is 4.43. The second-order valence-corrected chi connectivity index (χ2v) is 5.96. The lowest BCUT2D eigenvalue weighted by atomic mass is 9.98. The Morgan fingerprint density at radius 2 is 2.24 bits per heavy atom. The molecule has 0 saturated heterocycles. The lowest BCUT2D eigenvalue weighted by molar-refractivity contribution is 0.779. The molecule has 0 spiro atoms. The number of benzene rings is 1. The second kappa shape index (κ2) is 3.81. The summed E-state index contributed by atoms with van der Waals surface area (Å²) in [7, 11) is 1.87. The zero-order valence-corrected chi connectivity index (χ0v) is 10.8. The van der Waals surface area contributed by atoms with Crippen LogP contribution in [0.3, 0.4) is 0 Å². The van der Waals surface area contributed by atoms with E-state index in [1.165, 1.54) is 16.0 Å². The maximum absolute atomic E-state index is 6.06. The Morgan fingerprint density at radius 1 is 1.41 bits per heavy atom. The number of thioether (sulfide) groups is 1. The minimum Gasteiger partial charge on any atom is -0.383 e. The molecule has 0 fully saturated rings. The van der Waals surface area contributed by atoms with Crippen molar-refractivity contribution in [1.29, 1.82) is 0 Å². The minimum atomic E-state index is 0.657. The number of fused-ring (bicyclic) bond motifs is 1. The first-order valence-corrected chi connectivity index (χ1v) is 6.61. The lowest BCUT2D eigenvalue weighted by Gasteiger charge is -2.07. The summed E-state index contributed by atoms with van der Waals surface area (Å²) in [4.78, 5) is 1.39. The molecule has 3 rings (SSSR count). The van der Waals surface area contributed by atoms with E-state index in [1.54, 1.807) is 4.68 Å². The van der Waals surface area contributed by atoms with Gasteiger partial charge >= 0.3 is 0 Å². The van der Waals surface area contributed by atoms with Crippen molar-refractivity contribution in [2.45, 2.75) is 23.5 Å². The molecule has 0 aliphatic carbocycles. The first kappa shape index (κ1) is 10.7. The predicted molar refractivity (Wildman–Crippen MR) is 72.1 cm³/mol. The van der Waals surface area contributed by atoms with Crippen LogP contribution in [0.25, 0.3) is 11.1 Å². The van der Waals surface area contributed by atoms with Crippen molar-refractivity contribution in [3.8, 4) is 11.1 Å². The van der Waals surface area contributed by atoms with E-state index in [0.29, 0.717) is 5.25 Å². The molecule has 17 heavy (non-hydrogen) atoms. The normalized spacial score (nSPS) is 18.4. The Hall–Kier alpha value is -1.42. The highest BCUT2D eigenvalue weighted by Crippen LogP contribution is 2.42. The van der Waals surface area contributed by atoms with Gasteiger partial charge in [-0.2, -0.15) is 5.10 Å². The molecule has 88 valence electrons. The summed E-state index contributed by atoms with van der Waals surface area (Å²) in [6.07, 6.45) is 2.98. The first-order chi connectivity index (χ1) is 8.16. The highest BCUT2D eigenvalue weighted by Gasteiger charge is 2.23. The van der Waals surface area contributed by atoms with Crippen molar-refractivity contribution in [2.75, 3.05) is 5.73 Å². The average Bonchev–Trinajstić information content (AvgIpc) is 2.82. The molecule has 1 atom stereocenters. The van der Waals surface area contributed by atoms with Gasteiger partial charge in [0.25, 0.3) is 0 Å². The van der Waals surface area contributed by atoms with E-state index in [0.717, 1.165) is 17.8 Å². The molecular weight excluding hydrogens is 230 g/mol. The summed E-state index contributed by atoms with van der Waals surface area (Å²) < 4.78 is 1.72. The molecule has 1 aromatic heterocycles. The first-order valence-electron chi connectivity index (χ1n) is 5.73. The van der Waals surface area contributed by atoms with Gasteiger partial charge in [-0.3, -0.25) is 4.68 Å². The maximum Gasteiger partial charge on any atom is 0.129 e. The number of nitrogens with zero attached hydrogens (tertiary/aromatic N) is 2. The molecule has 0 saturated carbocycles. The number of hydrogen-bond acceptors (Lipinski definition) is 3. The van der Waals surface area contributed by atoms with Gasteiger partial charge in [-0.05, 0) is 23.6 Å². The summed E-state index contributed by atoms with van der Waals surface area (Å²) in [5, 5.41) is 4.88. The van der Waals surface area contributed by atoms with E-state index < -0.39 is 0 Å². The van der Waals surface area contributed by atoms with Crippen LogP contribution in [-0.4, -0.2) is 15.0 Å². The number of hydrogen-bond donors (Lipinski definition) is 1. The van der Waals surface area contributed by atoms with Crippen LogP contribution < -0.4 is 5.73 Å². The fraction of sp³-hybridized carbons (Fsp3) is 0.308. The van der Waals surface area contributed by atoms with Gasteiger partial charge < -0.3 is 5.73 Å². The van der Waals surface area contributed by atoms with Gasteiger partial charge in [0.15, 0.2) is 0 Å². The summed E-state index contributed by atoms with van der Waals surface area (Å²) >= 11 is 1.94. The molecule has 0 radical (unpaired) electrons. The number of nitrogen functional groups attached to an aromatic ring is 1. The van der Waals surface area contributed by atoms with E-state index >= 15 is 0 Å². The molecule has 2 heterocycles. The van der Waals surface area contributed by atoms with Gasteiger partial charge in [0.05, 0.1) is 6.20 Å². The quantitative estimate of drug-likeness (QED) is 0.840. The molecule has 2 aromatic rings. The standard InChI is InChI=1S/C13H15N3S/c1-8-6-10-9(4-3-5-12(10)17-8)11-7-15-16(2)13(11)14/h3-5,7-8H,6,14H2,1-2H3. The van der Waals surface area contributed by atoms with Gasteiger partial charge in [0, 0.05) is 22.8 Å². The van der Waals surface area contributed by atoms with Gasteiger partial charge in [-0.1, -0.05) is 19.1 Å². The highest BCUT2D eigenvalue weighted by molar-refractivity contribution is 8.00. The van der Waals surface area contributed by atoms with Crippen LogP contribution >= 0.6 is 11.8 Å². The molecule has 1 aliphatic rings. The SMILES string of the molecule is CC1Cc2c(cccc2-c2cnn(C)c2N)S1. The van der Waals surface area contributed by atoms with Crippen molar-refractivity contribution >= 4 is 17.6 Å². The Bertz CT molecular complexity index is 574. The predicted octanol–water partition coefficient (Wildman–Crippen LogP) is 2.71. The van der Waals surface area contributed by atoms with E-state index in [9.17, 15) is 0 Å². The van der Waals surface area contributed by atoms with Crippen LogP contribution in [0.15, 0.2) is 29.3 Å². The van der Waals surface area contributed by atoms with Crippen molar-refractivity contribution < 1.29 is 0 Å². The Balaban J connectivity index is 2.17. The highest BCUT2D eigenvalue weighted by atomic mass is 32.2. The number of anilines is 1. The second-order valence-electron chi connectivity index (χ2n) is 4.48. The summed E-state index contributed by atoms with van der Waals surface area (Å²) in [5.74, 6) is 0.739. The van der Waals surface area contributed by atoms with E-state index in [4.69, 9.17) is 5.73 Å². The number of rotatable bonds is 1. The topological polar surface area (TPSA) is 43.8 Å². The van der Waals surface area contributed by atoms with Crippen LogP contribution in [0.2, 0.25) is 0 Å². The fourth-order valence-electron chi connectivity index (χ4n) is 2.34. The zero-order chi connectivity index (χ0) is 12.0. The Morgan fingerprint density at radius 3 is 2.94 bits per heavy atom. The third-order valence-electron chi connectivity index (χ3n) is 3.23. The maximum atomic E-state index is 6.06. The Labute approximate surface area is 105 Å². The molecule has 4 heteroatoms. The molecule has 1 aliphatic heterocycles. The minimum absolute atomic E-state index is 0.657. The molecule has 1 aromatic carbocycles. The Kier molecular flexibility index (Phi) is 2.40. The zero-order valence-electron chi connectivity index (χ0n) is 9.97. The smallest absolute Gasteiger partial charge is 0.129 e. The number of aryl methyl sites for hydroxylation is 1. The van der Waals surface area contributed by atoms with Crippen LogP contribution in [0.4, 0.5) is 5.82 Å². The van der Waals surface area contributed by atoms with E-state index in [-0.39, 0.29) is 0 Å². The summed E-state index contributed by atoms with van der Waals surface area (Å²) in [5.41, 5.74) is 9.77. The van der Waals surface area contributed by atoms with Crippen molar-refractivity contribution in [1.82, 2.24) is 9.78 Å². The van der Waals surface area contributed by atoms with Crippen molar-refractivity contribution in [2.24, 2.45) is 7.05 Å². The van der Waals surface area contributed by atoms with Crippen molar-refractivity contribution in [3.63, 3.8) is 0 Å². The molecule has 0 amide bonds. The number of aromatic nitrogens is 2. The lowest BCUT2D eigenvalue weighted by Crippen LogP contribution is -1.99. The van der Waals surface area contributed by atoms with Gasteiger partial charge in [0.1, 0.15) is 5.82 Å². The van der Waals surface area contributed by atoms with Gasteiger partial charge in [0.2, 0.25) is 0 Å². The summed E-state index contributed by atoms with van der Waals surface area (Å²) in [6.45, 7) is 2.26. The molecular formula is C13H15N3S. The fourth-order valence-corrected chi connectivity index (χ4v) is 3.52. The van der Waals surface area contributed by atoms with Crippen LogP contribution in [-0.2, 0) is 13.5 Å². The molecule has 2 N–H and O–H groups in total. The summed E-state index contributed by atoms with van der Waals surface area (Å²) in [6, 6.07) is 6.44. The van der Waals surface area contributed by atoms with Crippen molar-refractivity contribution in [3.05, 3.63) is 30.0 Å². The monoisotopic (exact) mass is 245 g/mol. The van der Waals surface area contributed by atoms with Gasteiger partial charge in [-0.25, -0.2) is 0 Å². The number of nitrogens with two attached hydrogens (primary N) is 1. The third kappa shape index (κ3) is 1.63. The van der Waals surface area contributed by atoms with Crippen LogP contribution in [0.1, 0.15) is 12.5 Å². The largest absolute Gasteiger partial charge is 0.383 e.